The Morgan fingerprint density at radius 3 is 2.29 bits per heavy atom. The fourth-order valence-corrected chi connectivity index (χ4v) is 3.65. The van der Waals surface area contributed by atoms with E-state index in [4.69, 9.17) is 16.3 Å². The van der Waals surface area contributed by atoms with Crippen molar-refractivity contribution in [3.05, 3.63) is 51.2 Å². The van der Waals surface area contributed by atoms with Crippen LogP contribution in [0.15, 0.2) is 36.4 Å². The molecule has 0 radical (unpaired) electrons. The Morgan fingerprint density at radius 1 is 1.04 bits per heavy atom. The Kier molecular flexibility index (Phi) is 5.06. The maximum Gasteiger partial charge on any atom is 0.264 e. The molecule has 0 unspecified atom stereocenters. The third-order valence-corrected chi connectivity index (χ3v) is 5.17. The van der Waals surface area contributed by atoms with E-state index in [0.717, 1.165) is 0 Å². The van der Waals surface area contributed by atoms with Gasteiger partial charge in [0.1, 0.15) is 5.75 Å². The summed E-state index contributed by atoms with van der Waals surface area (Å²) in [5, 5.41) is 0. The predicted molar refractivity (Wildman–Crippen MR) is 94.1 cm³/mol. The Labute approximate surface area is 149 Å². The van der Waals surface area contributed by atoms with Gasteiger partial charge in [-0.15, -0.1) is 11.3 Å². The SMILES string of the molecule is COc1cccc(C(=O)N2CCN(C(=O)c3ccc(Cl)s3)CC2)c1. The molecule has 0 spiro atoms. The highest BCUT2D eigenvalue weighted by atomic mass is 35.5. The first-order valence-corrected chi connectivity index (χ1v) is 8.76. The quantitative estimate of drug-likeness (QED) is 0.841. The summed E-state index contributed by atoms with van der Waals surface area (Å²) in [5.41, 5.74) is 0.596. The first-order chi connectivity index (χ1) is 11.6. The highest BCUT2D eigenvalue weighted by Gasteiger charge is 2.26. The number of hydrogen-bond acceptors (Lipinski definition) is 4. The van der Waals surface area contributed by atoms with E-state index in [2.05, 4.69) is 0 Å². The summed E-state index contributed by atoms with van der Waals surface area (Å²) >= 11 is 7.16. The lowest BCUT2D eigenvalue weighted by Gasteiger charge is -2.34. The third-order valence-electron chi connectivity index (χ3n) is 3.95. The number of hydrogen-bond donors (Lipinski definition) is 0. The molecule has 1 fully saturated rings. The Bertz CT molecular complexity index is 754. The molecule has 0 saturated carbocycles. The van der Waals surface area contributed by atoms with Crippen molar-refractivity contribution in [2.75, 3.05) is 33.3 Å². The van der Waals surface area contributed by atoms with E-state index in [9.17, 15) is 9.59 Å². The van der Waals surface area contributed by atoms with Gasteiger partial charge in [0.25, 0.3) is 11.8 Å². The monoisotopic (exact) mass is 364 g/mol. The number of ether oxygens (including phenoxy) is 1. The third kappa shape index (κ3) is 3.55. The number of piperazine rings is 1. The van der Waals surface area contributed by atoms with E-state index >= 15 is 0 Å². The van der Waals surface area contributed by atoms with Gasteiger partial charge in [0.15, 0.2) is 0 Å². The van der Waals surface area contributed by atoms with E-state index in [1.54, 1.807) is 53.3 Å². The summed E-state index contributed by atoms with van der Waals surface area (Å²) < 4.78 is 5.76. The molecule has 1 aliphatic rings. The molecule has 2 heterocycles. The van der Waals surface area contributed by atoms with Gasteiger partial charge >= 0.3 is 0 Å². The van der Waals surface area contributed by atoms with Crippen LogP contribution >= 0.6 is 22.9 Å². The number of thiophene rings is 1. The molecule has 1 aromatic heterocycles. The lowest BCUT2D eigenvalue weighted by Crippen LogP contribution is -2.50. The van der Waals surface area contributed by atoms with Crippen LogP contribution in [0.3, 0.4) is 0 Å². The number of methoxy groups -OCH3 is 1. The molecule has 0 aliphatic carbocycles. The van der Waals surface area contributed by atoms with Crippen molar-refractivity contribution in [1.29, 1.82) is 0 Å². The Morgan fingerprint density at radius 2 is 1.71 bits per heavy atom. The predicted octanol–water partition coefficient (Wildman–Crippen LogP) is 3.01. The van der Waals surface area contributed by atoms with Crippen LogP contribution in [-0.2, 0) is 0 Å². The molecule has 7 heteroatoms. The van der Waals surface area contributed by atoms with Crippen molar-refractivity contribution < 1.29 is 14.3 Å². The molecule has 2 amide bonds. The van der Waals surface area contributed by atoms with Crippen molar-refractivity contribution in [3.63, 3.8) is 0 Å². The molecule has 2 aromatic rings. The number of rotatable bonds is 3. The molecule has 1 aromatic carbocycles. The molecule has 24 heavy (non-hydrogen) atoms. The largest absolute Gasteiger partial charge is 0.497 e. The van der Waals surface area contributed by atoms with Crippen LogP contribution in [0, 0.1) is 0 Å². The van der Waals surface area contributed by atoms with Gasteiger partial charge < -0.3 is 14.5 Å². The first kappa shape index (κ1) is 16.8. The standard InChI is InChI=1S/C17H17ClN2O3S/c1-23-13-4-2-3-12(11-13)16(21)19-7-9-20(10-8-19)17(22)14-5-6-15(18)24-14/h2-6,11H,7-10H2,1H3. The fraction of sp³-hybridized carbons (Fsp3) is 0.294. The minimum Gasteiger partial charge on any atom is -0.497 e. The van der Waals surface area contributed by atoms with Crippen LogP contribution in [0.25, 0.3) is 0 Å². The van der Waals surface area contributed by atoms with Gasteiger partial charge in [0.05, 0.1) is 16.3 Å². The van der Waals surface area contributed by atoms with Crippen molar-refractivity contribution in [3.8, 4) is 5.75 Å². The van der Waals surface area contributed by atoms with Crippen LogP contribution in [0.4, 0.5) is 0 Å². The van der Waals surface area contributed by atoms with E-state index in [0.29, 0.717) is 46.7 Å². The minimum atomic E-state index is -0.0415. The zero-order valence-electron chi connectivity index (χ0n) is 13.2. The molecular weight excluding hydrogens is 348 g/mol. The molecule has 0 N–H and O–H groups in total. The van der Waals surface area contributed by atoms with Crippen LogP contribution in [0.2, 0.25) is 4.34 Å². The smallest absolute Gasteiger partial charge is 0.264 e. The average Bonchev–Trinajstić information content (AvgIpc) is 3.07. The number of nitrogens with zero attached hydrogens (tertiary/aromatic N) is 2. The van der Waals surface area contributed by atoms with Gasteiger partial charge in [0.2, 0.25) is 0 Å². The highest BCUT2D eigenvalue weighted by molar-refractivity contribution is 7.17. The molecule has 0 bridgehead atoms. The molecule has 126 valence electrons. The van der Waals surface area contributed by atoms with Crippen molar-refractivity contribution >= 4 is 34.8 Å². The molecule has 1 aliphatic heterocycles. The summed E-state index contributed by atoms with van der Waals surface area (Å²) in [5.74, 6) is 0.588. The molecule has 0 atom stereocenters. The van der Waals surface area contributed by atoms with Crippen LogP contribution in [0.1, 0.15) is 20.0 Å². The fourth-order valence-electron chi connectivity index (χ4n) is 2.64. The summed E-state index contributed by atoms with van der Waals surface area (Å²) in [4.78, 5) is 29.1. The van der Waals surface area contributed by atoms with E-state index in [1.165, 1.54) is 11.3 Å². The highest BCUT2D eigenvalue weighted by Crippen LogP contribution is 2.23. The lowest BCUT2D eigenvalue weighted by atomic mass is 10.1. The summed E-state index contributed by atoms with van der Waals surface area (Å²) in [6.45, 7) is 2.07. The maximum absolute atomic E-state index is 12.6. The summed E-state index contributed by atoms with van der Waals surface area (Å²) in [6.07, 6.45) is 0. The number of carbonyl (C=O) groups is 2. The number of benzene rings is 1. The van der Waals surface area contributed by atoms with Crippen LogP contribution in [-0.4, -0.2) is 54.9 Å². The van der Waals surface area contributed by atoms with Gasteiger partial charge in [-0.25, -0.2) is 0 Å². The van der Waals surface area contributed by atoms with Gasteiger partial charge in [-0.3, -0.25) is 9.59 Å². The number of halogens is 1. The molecule has 3 rings (SSSR count). The zero-order valence-corrected chi connectivity index (χ0v) is 14.8. The second-order valence-electron chi connectivity index (χ2n) is 5.42. The molecular formula is C17H17ClN2O3S. The van der Waals surface area contributed by atoms with Crippen molar-refractivity contribution in [2.24, 2.45) is 0 Å². The Balaban J connectivity index is 1.62. The van der Waals surface area contributed by atoms with E-state index in [1.807, 2.05) is 0 Å². The Hall–Kier alpha value is -2.05. The normalized spacial score (nSPS) is 14.6. The van der Waals surface area contributed by atoms with Crippen molar-refractivity contribution in [2.45, 2.75) is 0 Å². The average molecular weight is 365 g/mol. The lowest BCUT2D eigenvalue weighted by molar-refractivity contribution is 0.0538. The van der Waals surface area contributed by atoms with Gasteiger partial charge in [0, 0.05) is 31.7 Å². The first-order valence-electron chi connectivity index (χ1n) is 7.56. The van der Waals surface area contributed by atoms with E-state index in [-0.39, 0.29) is 11.8 Å². The van der Waals surface area contributed by atoms with E-state index < -0.39 is 0 Å². The van der Waals surface area contributed by atoms with Gasteiger partial charge in [-0.05, 0) is 30.3 Å². The van der Waals surface area contributed by atoms with Crippen molar-refractivity contribution in [1.82, 2.24) is 9.80 Å². The van der Waals surface area contributed by atoms with Crippen LogP contribution < -0.4 is 4.74 Å². The number of carbonyl (C=O) groups excluding carboxylic acids is 2. The second-order valence-corrected chi connectivity index (χ2v) is 7.14. The topological polar surface area (TPSA) is 49.9 Å². The number of amides is 2. The zero-order chi connectivity index (χ0) is 17.1. The molecule has 1 saturated heterocycles. The van der Waals surface area contributed by atoms with Crippen LogP contribution in [0.5, 0.6) is 5.75 Å². The maximum atomic E-state index is 12.6. The van der Waals surface area contributed by atoms with Gasteiger partial charge in [-0.2, -0.15) is 0 Å². The second kappa shape index (κ2) is 7.23. The molecule has 5 nitrogen and oxygen atoms in total. The summed E-state index contributed by atoms with van der Waals surface area (Å²) in [6, 6.07) is 10.6. The van der Waals surface area contributed by atoms with Gasteiger partial charge in [-0.1, -0.05) is 17.7 Å². The minimum absolute atomic E-state index is 0.0274. The summed E-state index contributed by atoms with van der Waals surface area (Å²) in [7, 11) is 1.57.